The van der Waals surface area contributed by atoms with Gasteiger partial charge in [-0.05, 0) is 39.3 Å². The molecule has 2 aromatic heterocycles. The number of hydrogen-bond donors (Lipinski definition) is 0. The van der Waals surface area contributed by atoms with E-state index in [0.29, 0.717) is 29.7 Å². The highest BCUT2D eigenvalue weighted by Crippen LogP contribution is 2.24. The summed E-state index contributed by atoms with van der Waals surface area (Å²) in [5.41, 5.74) is 1.75. The van der Waals surface area contributed by atoms with Crippen LogP contribution in [0.1, 0.15) is 36.3 Å². The molecule has 3 rings (SSSR count). The number of likely N-dealkylation sites (tertiary alicyclic amines) is 1. The molecule has 1 saturated heterocycles. The molecule has 0 saturated carbocycles. The van der Waals surface area contributed by atoms with E-state index in [-0.39, 0.29) is 12.5 Å². The highest BCUT2D eigenvalue weighted by molar-refractivity contribution is 7.92. The van der Waals surface area contributed by atoms with E-state index in [1.165, 1.54) is 4.63 Å². The van der Waals surface area contributed by atoms with Crippen LogP contribution in [0.5, 0.6) is 0 Å². The van der Waals surface area contributed by atoms with Gasteiger partial charge in [0, 0.05) is 19.3 Å². The lowest BCUT2D eigenvalue weighted by Crippen LogP contribution is -2.34. The average Bonchev–Trinajstić information content (AvgIpc) is 3.10. The molecule has 0 radical (unpaired) electrons. The SMILES string of the molecule is Cc1nn2ncccc2c1C(=O)N1CCC(S(=O)(=O)C(C)C)C1. The van der Waals surface area contributed by atoms with E-state index < -0.39 is 20.3 Å². The van der Waals surface area contributed by atoms with Crippen molar-refractivity contribution in [3.63, 3.8) is 0 Å². The van der Waals surface area contributed by atoms with Crippen molar-refractivity contribution in [3.8, 4) is 0 Å². The molecule has 1 amide bonds. The minimum Gasteiger partial charge on any atom is -0.337 e. The van der Waals surface area contributed by atoms with Crippen LogP contribution in [0, 0.1) is 6.92 Å². The van der Waals surface area contributed by atoms with Gasteiger partial charge in [0.15, 0.2) is 9.84 Å². The Labute approximate surface area is 135 Å². The maximum absolute atomic E-state index is 12.8. The molecule has 124 valence electrons. The molecule has 1 fully saturated rings. The summed E-state index contributed by atoms with van der Waals surface area (Å²) < 4.78 is 26.0. The van der Waals surface area contributed by atoms with Crippen LogP contribution in [-0.2, 0) is 9.84 Å². The summed E-state index contributed by atoms with van der Waals surface area (Å²) >= 11 is 0. The smallest absolute Gasteiger partial charge is 0.258 e. The number of hydrogen-bond acceptors (Lipinski definition) is 5. The molecule has 1 aliphatic heterocycles. The zero-order valence-corrected chi connectivity index (χ0v) is 14.2. The van der Waals surface area contributed by atoms with Crippen LogP contribution < -0.4 is 0 Å². The molecule has 1 unspecified atom stereocenters. The fraction of sp³-hybridized carbons (Fsp3) is 0.533. The number of rotatable bonds is 3. The minimum atomic E-state index is -3.19. The Balaban J connectivity index is 1.89. The summed E-state index contributed by atoms with van der Waals surface area (Å²) in [5, 5.41) is 7.42. The van der Waals surface area contributed by atoms with Crippen molar-refractivity contribution in [2.45, 2.75) is 37.7 Å². The second kappa shape index (κ2) is 5.59. The van der Waals surface area contributed by atoms with Crippen LogP contribution in [0.3, 0.4) is 0 Å². The van der Waals surface area contributed by atoms with Gasteiger partial charge in [-0.25, -0.2) is 8.42 Å². The summed E-state index contributed by atoms with van der Waals surface area (Å²) in [6.45, 7) is 5.82. The lowest BCUT2D eigenvalue weighted by molar-refractivity contribution is 0.0794. The quantitative estimate of drug-likeness (QED) is 0.837. The van der Waals surface area contributed by atoms with Gasteiger partial charge in [0.2, 0.25) is 0 Å². The zero-order chi connectivity index (χ0) is 16.8. The first-order valence-corrected chi connectivity index (χ1v) is 9.26. The Kier molecular flexibility index (Phi) is 3.87. The molecule has 23 heavy (non-hydrogen) atoms. The van der Waals surface area contributed by atoms with Crippen LogP contribution >= 0.6 is 0 Å². The van der Waals surface area contributed by atoms with Gasteiger partial charge < -0.3 is 4.90 Å². The molecule has 8 heteroatoms. The van der Waals surface area contributed by atoms with Crippen molar-refractivity contribution in [1.29, 1.82) is 0 Å². The monoisotopic (exact) mass is 336 g/mol. The average molecular weight is 336 g/mol. The van der Waals surface area contributed by atoms with E-state index in [1.54, 1.807) is 44.0 Å². The van der Waals surface area contributed by atoms with Gasteiger partial charge in [-0.15, -0.1) is 0 Å². The molecular weight excluding hydrogens is 316 g/mol. The van der Waals surface area contributed by atoms with Crippen molar-refractivity contribution < 1.29 is 13.2 Å². The fourth-order valence-electron chi connectivity index (χ4n) is 2.99. The number of aryl methyl sites for hydroxylation is 1. The van der Waals surface area contributed by atoms with Crippen molar-refractivity contribution in [2.75, 3.05) is 13.1 Å². The molecule has 0 N–H and O–H groups in total. The topological polar surface area (TPSA) is 84.6 Å². The van der Waals surface area contributed by atoms with E-state index in [4.69, 9.17) is 0 Å². The van der Waals surface area contributed by atoms with Gasteiger partial charge in [-0.3, -0.25) is 4.79 Å². The van der Waals surface area contributed by atoms with Crippen LogP contribution in [-0.4, -0.2) is 57.6 Å². The number of carbonyl (C=O) groups excluding carboxylic acids is 1. The first kappa shape index (κ1) is 15.9. The van der Waals surface area contributed by atoms with Crippen LogP contribution in [0.2, 0.25) is 0 Å². The molecule has 0 aromatic carbocycles. The van der Waals surface area contributed by atoms with E-state index in [1.807, 2.05) is 0 Å². The maximum Gasteiger partial charge on any atom is 0.258 e. The predicted octanol–water partition coefficient (Wildman–Crippen LogP) is 1.08. The number of nitrogens with zero attached hydrogens (tertiary/aromatic N) is 4. The van der Waals surface area contributed by atoms with Gasteiger partial charge in [0.1, 0.15) is 5.52 Å². The summed E-state index contributed by atoms with van der Waals surface area (Å²) in [5.74, 6) is -0.174. The molecule has 3 heterocycles. The molecular formula is C15H20N4O3S. The molecule has 1 atom stereocenters. The number of sulfone groups is 1. The van der Waals surface area contributed by atoms with E-state index in [2.05, 4.69) is 10.2 Å². The zero-order valence-electron chi connectivity index (χ0n) is 13.4. The van der Waals surface area contributed by atoms with E-state index in [9.17, 15) is 13.2 Å². The van der Waals surface area contributed by atoms with Crippen molar-refractivity contribution in [2.24, 2.45) is 0 Å². The first-order valence-electron chi connectivity index (χ1n) is 7.65. The number of aromatic nitrogens is 3. The summed E-state index contributed by atoms with van der Waals surface area (Å²) in [6.07, 6.45) is 2.09. The lowest BCUT2D eigenvalue weighted by atomic mass is 10.2. The molecule has 0 bridgehead atoms. The summed E-state index contributed by atoms with van der Waals surface area (Å²) in [6, 6.07) is 3.54. The van der Waals surface area contributed by atoms with Gasteiger partial charge in [-0.2, -0.15) is 14.8 Å². The summed E-state index contributed by atoms with van der Waals surface area (Å²) in [4.78, 5) is 14.4. The maximum atomic E-state index is 12.8. The Morgan fingerprint density at radius 1 is 1.39 bits per heavy atom. The number of carbonyl (C=O) groups is 1. The minimum absolute atomic E-state index is 0.174. The first-order chi connectivity index (χ1) is 10.8. The Morgan fingerprint density at radius 2 is 2.13 bits per heavy atom. The summed E-state index contributed by atoms with van der Waals surface area (Å²) in [7, 11) is -3.19. The third-order valence-corrected chi connectivity index (χ3v) is 6.99. The standard InChI is InChI=1S/C15H20N4O3S/c1-10(2)23(21,22)12-6-8-18(9-12)15(20)14-11(3)17-19-13(14)5-4-7-16-19/h4-5,7,10,12H,6,8-9H2,1-3H3. The van der Waals surface area contributed by atoms with Gasteiger partial charge in [0.25, 0.3) is 5.91 Å². The van der Waals surface area contributed by atoms with Crippen LogP contribution in [0.15, 0.2) is 18.3 Å². The highest BCUT2D eigenvalue weighted by atomic mass is 32.2. The van der Waals surface area contributed by atoms with Gasteiger partial charge in [0.05, 0.1) is 21.8 Å². The second-order valence-electron chi connectivity index (χ2n) is 6.16. The normalized spacial score (nSPS) is 19.0. The van der Waals surface area contributed by atoms with Crippen molar-refractivity contribution >= 4 is 21.3 Å². The van der Waals surface area contributed by atoms with Crippen molar-refractivity contribution in [1.82, 2.24) is 19.7 Å². The Morgan fingerprint density at radius 3 is 2.83 bits per heavy atom. The second-order valence-corrected chi connectivity index (χ2v) is 8.95. The largest absolute Gasteiger partial charge is 0.337 e. The van der Waals surface area contributed by atoms with E-state index >= 15 is 0 Å². The molecule has 0 aliphatic carbocycles. The van der Waals surface area contributed by atoms with Crippen LogP contribution in [0.4, 0.5) is 0 Å². The molecule has 2 aromatic rings. The number of amides is 1. The highest BCUT2D eigenvalue weighted by Gasteiger charge is 2.37. The Hall–Kier alpha value is -1.96. The fourth-order valence-corrected chi connectivity index (χ4v) is 4.58. The predicted molar refractivity (Wildman–Crippen MR) is 86.1 cm³/mol. The van der Waals surface area contributed by atoms with E-state index in [0.717, 1.165) is 0 Å². The van der Waals surface area contributed by atoms with Gasteiger partial charge >= 0.3 is 0 Å². The number of fused-ring (bicyclic) bond motifs is 1. The molecule has 0 spiro atoms. The van der Waals surface area contributed by atoms with Crippen LogP contribution in [0.25, 0.3) is 5.52 Å². The third-order valence-electron chi connectivity index (χ3n) is 4.36. The Bertz CT molecular complexity index is 857. The van der Waals surface area contributed by atoms with Gasteiger partial charge in [-0.1, -0.05) is 0 Å². The van der Waals surface area contributed by atoms with Crippen molar-refractivity contribution in [3.05, 3.63) is 29.6 Å². The molecule has 1 aliphatic rings. The lowest BCUT2D eigenvalue weighted by Gasteiger charge is -2.18. The third kappa shape index (κ3) is 2.60. The molecule has 7 nitrogen and oxygen atoms in total.